The fourth-order valence-corrected chi connectivity index (χ4v) is 3.96. The first-order valence-electron chi connectivity index (χ1n) is 11.2. The molecule has 1 aliphatic rings. The Hall–Kier alpha value is -3.80. The van der Waals surface area contributed by atoms with E-state index in [2.05, 4.69) is 24.4 Å². The van der Waals surface area contributed by atoms with E-state index < -0.39 is 0 Å². The Bertz CT molecular complexity index is 1140. The smallest absolute Gasteiger partial charge is 0.262 e. The van der Waals surface area contributed by atoms with Gasteiger partial charge in [0.1, 0.15) is 11.5 Å². The van der Waals surface area contributed by atoms with Crippen LogP contribution < -0.4 is 14.8 Å². The van der Waals surface area contributed by atoms with Crippen LogP contribution in [0.1, 0.15) is 34.0 Å². The molecule has 1 N–H and O–H groups in total. The molecule has 0 bridgehead atoms. The summed E-state index contributed by atoms with van der Waals surface area (Å²) in [5, 5.41) is 2.82. The summed E-state index contributed by atoms with van der Waals surface area (Å²) in [5.41, 5.74) is 4.49. The maximum absolute atomic E-state index is 13.1. The third-order valence-electron chi connectivity index (χ3n) is 5.71. The monoisotopic (exact) mass is 444 g/mol. The van der Waals surface area contributed by atoms with Crippen LogP contribution in [0.3, 0.4) is 0 Å². The number of benzene rings is 3. The Kier molecular flexibility index (Phi) is 6.93. The molecule has 0 atom stereocenters. The van der Waals surface area contributed by atoms with E-state index in [0.717, 1.165) is 16.9 Å². The number of aryl methyl sites for hydroxylation is 1. The SMILES string of the molecule is CCOc1ccc(NC(=O)COc2cccc3c2CCN(Cc2ccccc2C)C3=O)cc1. The molecule has 0 fully saturated rings. The van der Waals surface area contributed by atoms with Gasteiger partial charge in [0.25, 0.3) is 11.8 Å². The molecule has 170 valence electrons. The van der Waals surface area contributed by atoms with E-state index in [1.165, 1.54) is 5.56 Å². The average molecular weight is 445 g/mol. The quantitative estimate of drug-likeness (QED) is 0.551. The number of anilines is 1. The van der Waals surface area contributed by atoms with Crippen molar-refractivity contribution in [3.05, 3.63) is 89.0 Å². The van der Waals surface area contributed by atoms with Gasteiger partial charge in [-0.3, -0.25) is 9.59 Å². The van der Waals surface area contributed by atoms with Gasteiger partial charge in [0.15, 0.2) is 6.61 Å². The fraction of sp³-hybridized carbons (Fsp3) is 0.259. The van der Waals surface area contributed by atoms with Gasteiger partial charge in [0.2, 0.25) is 0 Å². The van der Waals surface area contributed by atoms with Crippen molar-refractivity contribution in [1.29, 1.82) is 0 Å². The van der Waals surface area contributed by atoms with Crippen LogP contribution >= 0.6 is 0 Å². The van der Waals surface area contributed by atoms with Crippen LogP contribution in [0.2, 0.25) is 0 Å². The summed E-state index contributed by atoms with van der Waals surface area (Å²) in [4.78, 5) is 27.4. The van der Waals surface area contributed by atoms with Crippen molar-refractivity contribution < 1.29 is 19.1 Å². The topological polar surface area (TPSA) is 67.9 Å². The van der Waals surface area contributed by atoms with Crippen LogP contribution in [0.25, 0.3) is 0 Å². The van der Waals surface area contributed by atoms with Gasteiger partial charge in [0.05, 0.1) is 6.61 Å². The highest BCUT2D eigenvalue weighted by molar-refractivity contribution is 5.97. The molecular formula is C27H28N2O4. The Morgan fingerprint density at radius 3 is 2.55 bits per heavy atom. The molecular weight excluding hydrogens is 416 g/mol. The lowest BCUT2D eigenvalue weighted by atomic mass is 9.97. The van der Waals surface area contributed by atoms with E-state index in [0.29, 0.717) is 43.1 Å². The normalized spacial score (nSPS) is 12.8. The van der Waals surface area contributed by atoms with Crippen LogP contribution in [-0.4, -0.2) is 36.5 Å². The number of hydrogen-bond donors (Lipinski definition) is 1. The van der Waals surface area contributed by atoms with Crippen LogP contribution in [-0.2, 0) is 17.8 Å². The minimum atomic E-state index is -0.264. The molecule has 0 aliphatic carbocycles. The van der Waals surface area contributed by atoms with Gasteiger partial charge in [-0.25, -0.2) is 0 Å². The number of carbonyl (C=O) groups excluding carboxylic acids is 2. The van der Waals surface area contributed by atoms with Gasteiger partial charge in [0, 0.05) is 29.9 Å². The van der Waals surface area contributed by atoms with Crippen molar-refractivity contribution >= 4 is 17.5 Å². The second kappa shape index (κ2) is 10.2. The van der Waals surface area contributed by atoms with Crippen LogP contribution in [0.5, 0.6) is 11.5 Å². The molecule has 33 heavy (non-hydrogen) atoms. The van der Waals surface area contributed by atoms with Crippen LogP contribution in [0, 0.1) is 6.92 Å². The molecule has 0 saturated carbocycles. The van der Waals surface area contributed by atoms with E-state index >= 15 is 0 Å². The van der Waals surface area contributed by atoms with Gasteiger partial charge in [-0.1, -0.05) is 30.3 Å². The number of nitrogens with one attached hydrogen (secondary N) is 1. The Labute approximate surface area is 194 Å². The summed E-state index contributed by atoms with van der Waals surface area (Å²) >= 11 is 0. The fourth-order valence-electron chi connectivity index (χ4n) is 3.96. The van der Waals surface area contributed by atoms with Crippen molar-refractivity contribution in [3.63, 3.8) is 0 Å². The molecule has 3 aromatic rings. The Balaban J connectivity index is 1.38. The molecule has 0 aromatic heterocycles. The summed E-state index contributed by atoms with van der Waals surface area (Å²) in [7, 11) is 0. The van der Waals surface area contributed by atoms with Gasteiger partial charge in [-0.05, 0) is 67.8 Å². The first kappa shape index (κ1) is 22.4. The van der Waals surface area contributed by atoms with Gasteiger partial charge >= 0.3 is 0 Å². The molecule has 1 aliphatic heterocycles. The first-order valence-corrected chi connectivity index (χ1v) is 11.2. The number of fused-ring (bicyclic) bond motifs is 1. The predicted molar refractivity (Wildman–Crippen MR) is 128 cm³/mol. The largest absolute Gasteiger partial charge is 0.494 e. The minimum absolute atomic E-state index is 0.0104. The molecule has 0 saturated heterocycles. The zero-order valence-electron chi connectivity index (χ0n) is 19.0. The molecule has 6 heteroatoms. The summed E-state index contributed by atoms with van der Waals surface area (Å²) < 4.78 is 11.2. The highest BCUT2D eigenvalue weighted by atomic mass is 16.5. The second-order valence-corrected chi connectivity index (χ2v) is 7.98. The first-order chi connectivity index (χ1) is 16.0. The third kappa shape index (κ3) is 5.34. The zero-order valence-corrected chi connectivity index (χ0v) is 19.0. The van der Waals surface area contributed by atoms with E-state index in [9.17, 15) is 9.59 Å². The average Bonchev–Trinajstić information content (AvgIpc) is 2.82. The van der Waals surface area contributed by atoms with Crippen molar-refractivity contribution in [1.82, 2.24) is 4.90 Å². The lowest BCUT2D eigenvalue weighted by Gasteiger charge is -2.30. The second-order valence-electron chi connectivity index (χ2n) is 7.98. The Morgan fingerprint density at radius 1 is 1.00 bits per heavy atom. The predicted octanol–water partition coefficient (Wildman–Crippen LogP) is 4.61. The number of rotatable bonds is 8. The van der Waals surface area contributed by atoms with E-state index in [4.69, 9.17) is 9.47 Å². The summed E-state index contributed by atoms with van der Waals surface area (Å²) in [6.45, 7) is 5.63. The molecule has 6 nitrogen and oxygen atoms in total. The van der Waals surface area contributed by atoms with E-state index in [1.807, 2.05) is 48.2 Å². The summed E-state index contributed by atoms with van der Waals surface area (Å²) in [5.74, 6) is 1.06. The molecule has 2 amide bonds. The number of nitrogens with zero attached hydrogens (tertiary/aromatic N) is 1. The van der Waals surface area contributed by atoms with Crippen LogP contribution in [0.15, 0.2) is 66.7 Å². The van der Waals surface area contributed by atoms with Gasteiger partial charge < -0.3 is 19.7 Å². The minimum Gasteiger partial charge on any atom is -0.494 e. The van der Waals surface area contributed by atoms with Gasteiger partial charge in [-0.15, -0.1) is 0 Å². The molecule has 4 rings (SSSR count). The highest BCUT2D eigenvalue weighted by Crippen LogP contribution is 2.29. The van der Waals surface area contributed by atoms with Crippen molar-refractivity contribution in [2.24, 2.45) is 0 Å². The maximum Gasteiger partial charge on any atom is 0.262 e. The molecule has 0 unspecified atom stereocenters. The van der Waals surface area contributed by atoms with Crippen molar-refractivity contribution in [3.8, 4) is 11.5 Å². The highest BCUT2D eigenvalue weighted by Gasteiger charge is 2.27. The Morgan fingerprint density at radius 2 is 1.79 bits per heavy atom. The van der Waals surface area contributed by atoms with E-state index in [-0.39, 0.29) is 18.4 Å². The molecule has 0 radical (unpaired) electrons. The standard InChI is InChI=1S/C27H28N2O4/c1-3-32-22-13-11-21(12-14-22)28-26(30)18-33-25-10-6-9-24-23(25)15-16-29(27(24)31)17-20-8-5-4-7-19(20)2/h4-14H,3,15-18H2,1-2H3,(H,28,30). The summed E-state index contributed by atoms with van der Waals surface area (Å²) in [6.07, 6.45) is 0.684. The number of hydrogen-bond acceptors (Lipinski definition) is 4. The molecule has 0 spiro atoms. The molecule has 3 aromatic carbocycles. The zero-order chi connectivity index (χ0) is 23.2. The van der Waals surface area contributed by atoms with E-state index in [1.54, 1.807) is 18.2 Å². The lowest BCUT2D eigenvalue weighted by molar-refractivity contribution is -0.118. The number of amides is 2. The lowest BCUT2D eigenvalue weighted by Crippen LogP contribution is -2.37. The number of ether oxygens (including phenoxy) is 2. The van der Waals surface area contributed by atoms with Crippen molar-refractivity contribution in [2.45, 2.75) is 26.8 Å². The van der Waals surface area contributed by atoms with Crippen LogP contribution in [0.4, 0.5) is 5.69 Å². The van der Waals surface area contributed by atoms with Gasteiger partial charge in [-0.2, -0.15) is 0 Å². The third-order valence-corrected chi connectivity index (χ3v) is 5.71. The van der Waals surface area contributed by atoms with Crippen molar-refractivity contribution in [2.75, 3.05) is 25.1 Å². The summed E-state index contributed by atoms with van der Waals surface area (Å²) in [6, 6.07) is 20.7. The maximum atomic E-state index is 13.1. The number of carbonyl (C=O) groups is 2. The molecule has 1 heterocycles.